The van der Waals surface area contributed by atoms with Gasteiger partial charge in [-0.2, -0.15) is 0 Å². The Hall–Kier alpha value is -1.94. The maximum atomic E-state index is 11.3. The first-order valence-electron chi connectivity index (χ1n) is 4.44. The zero-order valence-corrected chi connectivity index (χ0v) is 7.86. The van der Waals surface area contributed by atoms with Crippen LogP contribution in [0.2, 0.25) is 0 Å². The molecule has 0 aliphatic rings. The number of nitrogen functional groups attached to an aromatic ring is 1. The van der Waals surface area contributed by atoms with Crippen molar-refractivity contribution in [1.29, 1.82) is 0 Å². The average Bonchev–Trinajstić information content (AvgIpc) is 2.29. The normalized spacial score (nSPS) is 10.7. The number of benzene rings is 1. The molecule has 0 saturated heterocycles. The summed E-state index contributed by atoms with van der Waals surface area (Å²) in [6, 6.07) is 6.82. The predicted molar refractivity (Wildman–Crippen MR) is 57.1 cm³/mol. The molecule has 2 aromatic rings. The minimum atomic E-state index is -0.641. The van der Waals surface area contributed by atoms with Gasteiger partial charge in [-0.25, -0.2) is 0 Å². The van der Waals surface area contributed by atoms with Gasteiger partial charge >= 0.3 is 0 Å². The van der Waals surface area contributed by atoms with Crippen LogP contribution in [0.5, 0.6) is 0 Å². The van der Waals surface area contributed by atoms with E-state index in [9.17, 15) is 9.59 Å². The van der Waals surface area contributed by atoms with E-state index in [4.69, 9.17) is 10.8 Å². The highest BCUT2D eigenvalue weighted by molar-refractivity contribution is 5.81. The molecule has 0 amide bonds. The van der Waals surface area contributed by atoms with Gasteiger partial charge in [0.25, 0.3) is 0 Å². The zero-order chi connectivity index (χ0) is 11.0. The summed E-state index contributed by atoms with van der Waals surface area (Å²) < 4.78 is 0. The molecule has 15 heavy (non-hydrogen) atoms. The van der Waals surface area contributed by atoms with Gasteiger partial charge in [0.05, 0.1) is 17.9 Å². The molecule has 76 valence electrons. The van der Waals surface area contributed by atoms with Gasteiger partial charge in [-0.15, -0.1) is 0 Å². The van der Waals surface area contributed by atoms with Gasteiger partial charge in [0.15, 0.2) is 0 Å². The molecule has 0 unspecified atom stereocenters. The first-order valence-corrected chi connectivity index (χ1v) is 4.44. The first-order chi connectivity index (χ1) is 7.16. The van der Waals surface area contributed by atoms with Crippen molar-refractivity contribution < 1.29 is 5.11 Å². The van der Waals surface area contributed by atoms with E-state index < -0.39 is 10.9 Å². The molecule has 0 bridgehead atoms. The molecule has 0 aromatic heterocycles. The zero-order valence-electron chi connectivity index (χ0n) is 7.86. The third kappa shape index (κ3) is 1.27. The van der Waals surface area contributed by atoms with Gasteiger partial charge < -0.3 is 10.8 Å². The highest BCUT2D eigenvalue weighted by atomic mass is 16.3. The Bertz CT molecular complexity index is 579. The molecule has 0 heterocycles. The van der Waals surface area contributed by atoms with Gasteiger partial charge in [0.1, 0.15) is 0 Å². The summed E-state index contributed by atoms with van der Waals surface area (Å²) in [7, 11) is 0. The van der Waals surface area contributed by atoms with Crippen LogP contribution in [0.1, 0.15) is 5.56 Å². The van der Waals surface area contributed by atoms with Crippen LogP contribution < -0.4 is 16.6 Å². The molecule has 4 nitrogen and oxygen atoms in total. The van der Waals surface area contributed by atoms with Crippen molar-refractivity contribution in [3.8, 4) is 11.1 Å². The Kier molecular flexibility index (Phi) is 2.13. The second-order valence-corrected chi connectivity index (χ2v) is 3.26. The molecule has 0 aliphatic carbocycles. The molecule has 3 N–H and O–H groups in total. The van der Waals surface area contributed by atoms with Crippen LogP contribution in [-0.4, -0.2) is 5.11 Å². The Morgan fingerprint density at radius 2 is 1.80 bits per heavy atom. The van der Waals surface area contributed by atoms with E-state index in [2.05, 4.69) is 0 Å². The number of hydrogen-bond acceptors (Lipinski definition) is 4. The van der Waals surface area contributed by atoms with Crippen molar-refractivity contribution in [3.05, 3.63) is 50.3 Å². The Balaban J connectivity index is 2.66. The lowest BCUT2D eigenvalue weighted by Crippen LogP contribution is -2.36. The Morgan fingerprint density at radius 1 is 1.13 bits per heavy atom. The van der Waals surface area contributed by atoms with Gasteiger partial charge in [-0.3, -0.25) is 9.59 Å². The predicted octanol–water partition coefficient (Wildman–Crippen LogP) is 0.0241. The maximum Gasteiger partial charge on any atom is 0.249 e. The summed E-state index contributed by atoms with van der Waals surface area (Å²) in [6.45, 7) is -0.186. The molecule has 0 atom stereocenters. The van der Waals surface area contributed by atoms with Gasteiger partial charge in [0, 0.05) is 0 Å². The van der Waals surface area contributed by atoms with E-state index >= 15 is 0 Å². The van der Waals surface area contributed by atoms with E-state index in [0.717, 1.165) is 0 Å². The molecule has 0 fully saturated rings. The fraction of sp³-hybridized carbons (Fsp3) is 0.0909. The molecule has 0 saturated carbocycles. The molecular formula is C11H9NO3. The fourth-order valence-corrected chi connectivity index (χ4v) is 1.58. The van der Waals surface area contributed by atoms with Crippen LogP contribution in [0, 0.1) is 0 Å². The summed E-state index contributed by atoms with van der Waals surface area (Å²) >= 11 is 0. The third-order valence-electron chi connectivity index (χ3n) is 2.40. The molecular weight excluding hydrogens is 194 g/mol. The van der Waals surface area contributed by atoms with Crippen LogP contribution in [0.3, 0.4) is 0 Å². The first kappa shape index (κ1) is 9.61. The van der Waals surface area contributed by atoms with Gasteiger partial charge in [0.2, 0.25) is 10.9 Å². The molecule has 4 heteroatoms. The van der Waals surface area contributed by atoms with Crippen molar-refractivity contribution >= 4 is 5.69 Å². The second kappa shape index (κ2) is 3.33. The van der Waals surface area contributed by atoms with Crippen LogP contribution in [0.15, 0.2) is 33.9 Å². The molecule has 0 spiro atoms. The number of aliphatic hydroxyl groups excluding tert-OH is 1. The van der Waals surface area contributed by atoms with E-state index in [0.29, 0.717) is 11.1 Å². The van der Waals surface area contributed by atoms with Crippen LogP contribution >= 0.6 is 0 Å². The van der Waals surface area contributed by atoms with Crippen molar-refractivity contribution in [3.63, 3.8) is 0 Å². The number of hydrogen-bond donors (Lipinski definition) is 2. The standard InChI is InChI=1S/C11H9NO3/c12-9-8(10(14)11(9)15)7-4-2-1-3-6(7)5-13/h1-4,13H,5,12H2. The molecule has 0 radical (unpaired) electrons. The lowest BCUT2D eigenvalue weighted by Gasteiger charge is -2.10. The number of rotatable bonds is 2. The number of anilines is 1. The van der Waals surface area contributed by atoms with Crippen molar-refractivity contribution in [2.75, 3.05) is 5.73 Å². The highest BCUT2D eigenvalue weighted by Gasteiger charge is 2.20. The van der Waals surface area contributed by atoms with Crippen LogP contribution in [0.25, 0.3) is 11.1 Å². The summed E-state index contributed by atoms with van der Waals surface area (Å²) in [5.41, 5.74) is 5.57. The Morgan fingerprint density at radius 3 is 2.40 bits per heavy atom. The molecule has 2 aromatic carbocycles. The quantitative estimate of drug-likeness (QED) is 0.674. The lowest BCUT2D eigenvalue weighted by atomic mass is 9.95. The van der Waals surface area contributed by atoms with E-state index in [1.807, 2.05) is 0 Å². The van der Waals surface area contributed by atoms with Crippen molar-refractivity contribution in [2.45, 2.75) is 6.61 Å². The average molecular weight is 203 g/mol. The van der Waals surface area contributed by atoms with Gasteiger partial charge in [-0.1, -0.05) is 24.3 Å². The fourth-order valence-electron chi connectivity index (χ4n) is 1.58. The van der Waals surface area contributed by atoms with Crippen molar-refractivity contribution in [1.82, 2.24) is 0 Å². The highest BCUT2D eigenvalue weighted by Crippen LogP contribution is 2.24. The largest absolute Gasteiger partial charge is 0.395 e. The summed E-state index contributed by atoms with van der Waals surface area (Å²) in [4.78, 5) is 22.2. The van der Waals surface area contributed by atoms with Crippen LogP contribution in [-0.2, 0) is 6.61 Å². The van der Waals surface area contributed by atoms with E-state index in [1.54, 1.807) is 24.3 Å². The molecule has 0 aliphatic heterocycles. The van der Waals surface area contributed by atoms with Gasteiger partial charge in [-0.05, 0) is 11.1 Å². The lowest BCUT2D eigenvalue weighted by molar-refractivity contribution is 0.282. The van der Waals surface area contributed by atoms with Crippen molar-refractivity contribution in [2.24, 2.45) is 0 Å². The van der Waals surface area contributed by atoms with E-state index in [1.165, 1.54) is 0 Å². The maximum absolute atomic E-state index is 11.3. The minimum absolute atomic E-state index is 0.0131. The molecule has 2 rings (SSSR count). The topological polar surface area (TPSA) is 80.4 Å². The smallest absolute Gasteiger partial charge is 0.249 e. The summed E-state index contributed by atoms with van der Waals surface area (Å²) in [5.74, 6) is 0. The summed E-state index contributed by atoms with van der Waals surface area (Å²) in [5, 5.41) is 9.07. The number of aliphatic hydroxyl groups is 1. The number of nitrogens with two attached hydrogens (primary N) is 1. The minimum Gasteiger partial charge on any atom is -0.395 e. The third-order valence-corrected chi connectivity index (χ3v) is 2.40. The van der Waals surface area contributed by atoms with Crippen LogP contribution in [0.4, 0.5) is 5.69 Å². The second-order valence-electron chi connectivity index (χ2n) is 3.26. The van der Waals surface area contributed by atoms with E-state index in [-0.39, 0.29) is 17.9 Å². The Labute approximate surface area is 85.3 Å². The monoisotopic (exact) mass is 203 g/mol. The summed E-state index contributed by atoms with van der Waals surface area (Å²) in [6.07, 6.45) is 0. The SMILES string of the molecule is Nc1c(-c2ccccc2CO)c(=O)c1=O.